The van der Waals surface area contributed by atoms with Crippen LogP contribution in [-0.4, -0.2) is 25.1 Å². The number of ether oxygens (including phenoxy) is 2. The molecule has 0 atom stereocenters. The number of hydrogen-bond donors (Lipinski definition) is 0. The summed E-state index contributed by atoms with van der Waals surface area (Å²) >= 11 is 5.35. The van der Waals surface area contributed by atoms with Gasteiger partial charge >= 0.3 is 0 Å². The van der Waals surface area contributed by atoms with Gasteiger partial charge in [-0.1, -0.05) is 12.2 Å². The van der Waals surface area contributed by atoms with Gasteiger partial charge in [-0.25, -0.2) is 0 Å². The molecule has 1 rings (SSSR count). The molecular formula is C15H19ClO3. The Bertz CT molecular complexity index is 412. The molecule has 0 aliphatic heterocycles. The van der Waals surface area contributed by atoms with Gasteiger partial charge in [0, 0.05) is 12.2 Å². The van der Waals surface area contributed by atoms with E-state index in [-0.39, 0.29) is 0 Å². The lowest BCUT2D eigenvalue weighted by Gasteiger charge is -2.07. The summed E-state index contributed by atoms with van der Waals surface area (Å²) < 4.78 is 10.9. The van der Waals surface area contributed by atoms with E-state index >= 15 is 0 Å². The zero-order chi connectivity index (χ0) is 14.1. The van der Waals surface area contributed by atoms with Gasteiger partial charge in [0.25, 0.3) is 5.24 Å². The maximum atomic E-state index is 10.9. The minimum Gasteiger partial charge on any atom is -0.494 e. The summed E-state index contributed by atoms with van der Waals surface area (Å²) in [7, 11) is 0. The molecule has 0 aliphatic carbocycles. The molecule has 4 heteroatoms. The van der Waals surface area contributed by atoms with Gasteiger partial charge in [0.2, 0.25) is 0 Å². The molecule has 0 aromatic heterocycles. The summed E-state index contributed by atoms with van der Waals surface area (Å²) in [4.78, 5) is 10.9. The fourth-order valence-corrected chi connectivity index (χ4v) is 1.55. The molecule has 0 bridgehead atoms. The first-order valence-electron chi connectivity index (χ1n) is 6.24. The molecule has 0 radical (unpaired) electrons. The van der Waals surface area contributed by atoms with Gasteiger partial charge in [-0.05, 0) is 55.6 Å². The Balaban J connectivity index is 2.12. The molecule has 0 heterocycles. The molecule has 0 unspecified atom stereocenters. The number of halogens is 1. The van der Waals surface area contributed by atoms with Gasteiger partial charge in [-0.15, -0.1) is 0 Å². The van der Waals surface area contributed by atoms with Crippen LogP contribution in [0.2, 0.25) is 0 Å². The van der Waals surface area contributed by atoms with Crippen LogP contribution in [0.4, 0.5) is 0 Å². The summed E-state index contributed by atoms with van der Waals surface area (Å²) in [5.74, 6) is 0.740. The van der Waals surface area contributed by atoms with E-state index in [1.165, 1.54) is 0 Å². The Labute approximate surface area is 119 Å². The van der Waals surface area contributed by atoms with E-state index in [9.17, 15) is 4.79 Å². The zero-order valence-electron chi connectivity index (χ0n) is 11.2. The molecule has 0 saturated heterocycles. The molecule has 1 aromatic rings. The van der Waals surface area contributed by atoms with Crippen molar-refractivity contribution in [2.24, 2.45) is 0 Å². The van der Waals surface area contributed by atoms with Crippen LogP contribution in [0, 0.1) is 0 Å². The molecule has 19 heavy (non-hydrogen) atoms. The lowest BCUT2D eigenvalue weighted by molar-refractivity contribution is 0.108. The standard InChI is InChI=1S/C15H19ClO3/c1-12(2)11-18-9-3-4-10-19-14-7-5-13(6-8-14)15(16)17/h5-8H,1,3-4,9-11H2,2H3. The van der Waals surface area contributed by atoms with Crippen LogP contribution >= 0.6 is 11.6 Å². The van der Waals surface area contributed by atoms with Crippen molar-refractivity contribution < 1.29 is 14.3 Å². The molecule has 0 spiro atoms. The van der Waals surface area contributed by atoms with Crippen molar-refractivity contribution in [3.8, 4) is 5.75 Å². The Kier molecular flexibility index (Phi) is 7.23. The SMILES string of the molecule is C=C(C)COCCCCOc1ccc(C(=O)Cl)cc1. The maximum absolute atomic E-state index is 10.9. The second-order valence-electron chi connectivity index (χ2n) is 4.36. The van der Waals surface area contributed by atoms with E-state index in [0.717, 1.165) is 30.8 Å². The third kappa shape index (κ3) is 6.99. The van der Waals surface area contributed by atoms with Gasteiger partial charge in [0.05, 0.1) is 13.2 Å². The maximum Gasteiger partial charge on any atom is 0.252 e. The first kappa shape index (κ1) is 15.7. The van der Waals surface area contributed by atoms with E-state index in [2.05, 4.69) is 6.58 Å². The molecule has 1 aromatic carbocycles. The van der Waals surface area contributed by atoms with Crippen molar-refractivity contribution >= 4 is 16.8 Å². The highest BCUT2D eigenvalue weighted by Crippen LogP contribution is 2.14. The van der Waals surface area contributed by atoms with Crippen molar-refractivity contribution in [1.29, 1.82) is 0 Å². The van der Waals surface area contributed by atoms with Gasteiger partial charge < -0.3 is 9.47 Å². The van der Waals surface area contributed by atoms with Crippen LogP contribution in [0.1, 0.15) is 30.1 Å². The highest BCUT2D eigenvalue weighted by atomic mass is 35.5. The third-order valence-corrected chi connectivity index (χ3v) is 2.60. The summed E-state index contributed by atoms with van der Waals surface area (Å²) in [6.45, 7) is 7.68. The Hall–Kier alpha value is -1.32. The predicted molar refractivity (Wildman–Crippen MR) is 77.0 cm³/mol. The lowest BCUT2D eigenvalue weighted by atomic mass is 10.2. The minimum atomic E-state index is -0.457. The summed E-state index contributed by atoms with van der Waals surface area (Å²) in [5.41, 5.74) is 1.51. The highest BCUT2D eigenvalue weighted by molar-refractivity contribution is 6.67. The summed E-state index contributed by atoms with van der Waals surface area (Å²) in [6.07, 6.45) is 1.87. The number of unbranched alkanes of at least 4 members (excludes halogenated alkanes) is 1. The number of carbonyl (C=O) groups is 1. The fourth-order valence-electron chi connectivity index (χ4n) is 1.42. The van der Waals surface area contributed by atoms with Crippen LogP contribution in [0.15, 0.2) is 36.4 Å². The van der Waals surface area contributed by atoms with Gasteiger partial charge in [0.15, 0.2) is 0 Å². The molecule has 3 nitrogen and oxygen atoms in total. The molecule has 0 N–H and O–H groups in total. The van der Waals surface area contributed by atoms with Crippen LogP contribution in [-0.2, 0) is 4.74 Å². The first-order chi connectivity index (χ1) is 9.09. The smallest absolute Gasteiger partial charge is 0.252 e. The van der Waals surface area contributed by atoms with Crippen molar-refractivity contribution in [3.05, 3.63) is 42.0 Å². The Morgan fingerprint density at radius 2 is 1.84 bits per heavy atom. The number of hydrogen-bond acceptors (Lipinski definition) is 3. The van der Waals surface area contributed by atoms with Crippen molar-refractivity contribution in [1.82, 2.24) is 0 Å². The molecule has 104 valence electrons. The van der Waals surface area contributed by atoms with Crippen molar-refractivity contribution in [2.45, 2.75) is 19.8 Å². The first-order valence-corrected chi connectivity index (χ1v) is 6.62. The molecule has 0 amide bonds. The predicted octanol–water partition coefficient (Wildman–Crippen LogP) is 3.82. The average molecular weight is 283 g/mol. The van der Waals surface area contributed by atoms with Crippen LogP contribution < -0.4 is 4.74 Å². The normalized spacial score (nSPS) is 10.2. The van der Waals surface area contributed by atoms with Crippen molar-refractivity contribution in [2.75, 3.05) is 19.8 Å². The zero-order valence-corrected chi connectivity index (χ0v) is 11.9. The summed E-state index contributed by atoms with van der Waals surface area (Å²) in [5, 5.41) is -0.457. The lowest BCUT2D eigenvalue weighted by Crippen LogP contribution is -2.02. The fraction of sp³-hybridized carbons (Fsp3) is 0.400. The number of carbonyl (C=O) groups excluding carboxylic acids is 1. The quantitative estimate of drug-likeness (QED) is 0.392. The molecule has 0 aliphatic rings. The second kappa shape index (κ2) is 8.73. The molecule has 0 fully saturated rings. The van der Waals surface area contributed by atoms with Crippen LogP contribution in [0.25, 0.3) is 0 Å². The third-order valence-electron chi connectivity index (χ3n) is 2.38. The molecule has 0 saturated carbocycles. The number of rotatable bonds is 9. The van der Waals surface area contributed by atoms with Gasteiger partial charge in [-0.3, -0.25) is 4.79 Å². The second-order valence-corrected chi connectivity index (χ2v) is 4.71. The molecular weight excluding hydrogens is 264 g/mol. The van der Waals surface area contributed by atoms with Crippen LogP contribution in [0.5, 0.6) is 5.75 Å². The van der Waals surface area contributed by atoms with Gasteiger partial charge in [-0.2, -0.15) is 0 Å². The van der Waals surface area contributed by atoms with Gasteiger partial charge in [0.1, 0.15) is 5.75 Å². The summed E-state index contributed by atoms with van der Waals surface area (Å²) in [6, 6.07) is 6.79. The van der Waals surface area contributed by atoms with Crippen molar-refractivity contribution in [3.63, 3.8) is 0 Å². The minimum absolute atomic E-state index is 0.457. The largest absolute Gasteiger partial charge is 0.494 e. The van der Waals surface area contributed by atoms with E-state index in [1.54, 1.807) is 24.3 Å². The topological polar surface area (TPSA) is 35.5 Å². The number of benzene rings is 1. The Morgan fingerprint density at radius 1 is 1.21 bits per heavy atom. The van der Waals surface area contributed by atoms with Crippen LogP contribution in [0.3, 0.4) is 0 Å². The average Bonchev–Trinajstić information content (AvgIpc) is 2.38. The Morgan fingerprint density at radius 3 is 2.42 bits per heavy atom. The monoisotopic (exact) mass is 282 g/mol. The van der Waals surface area contributed by atoms with E-state index < -0.39 is 5.24 Å². The van der Waals surface area contributed by atoms with E-state index in [4.69, 9.17) is 21.1 Å². The van der Waals surface area contributed by atoms with E-state index in [1.807, 2.05) is 6.92 Å². The van der Waals surface area contributed by atoms with E-state index in [0.29, 0.717) is 18.8 Å². The highest BCUT2D eigenvalue weighted by Gasteiger charge is 2.01.